The van der Waals surface area contributed by atoms with E-state index in [-0.39, 0.29) is 25.4 Å². The van der Waals surface area contributed by atoms with Gasteiger partial charge in [-0.15, -0.1) is 0 Å². The summed E-state index contributed by atoms with van der Waals surface area (Å²) in [7, 11) is 0. The van der Waals surface area contributed by atoms with Gasteiger partial charge < -0.3 is 20.7 Å². The number of hydrogen-bond donors (Lipinski definition) is 3. The number of rotatable bonds is 7. The maximum atomic E-state index is 13.5. The number of nitrogens with zero attached hydrogens (tertiary/aromatic N) is 1. The van der Waals surface area contributed by atoms with Gasteiger partial charge in [0.2, 0.25) is 5.91 Å². The van der Waals surface area contributed by atoms with Gasteiger partial charge >= 0.3 is 6.18 Å². The summed E-state index contributed by atoms with van der Waals surface area (Å²) >= 11 is 0. The number of primary amides is 1. The number of ether oxygens (including phenoxy) is 1. The van der Waals surface area contributed by atoms with Crippen LogP contribution in [0.15, 0.2) is 18.2 Å². The monoisotopic (exact) mass is 424 g/mol. The second-order valence-electron chi connectivity index (χ2n) is 5.95. The van der Waals surface area contributed by atoms with Crippen LogP contribution in [0.5, 0.6) is 0 Å². The highest BCUT2D eigenvalue weighted by atomic mass is 19.4. The summed E-state index contributed by atoms with van der Waals surface area (Å²) in [5, 5.41) is 3.95. The van der Waals surface area contributed by atoms with Gasteiger partial charge in [0.1, 0.15) is 6.61 Å². The number of nitrogens with two attached hydrogens (primary N) is 1. The maximum absolute atomic E-state index is 13.5. The Morgan fingerprint density at radius 1 is 1.28 bits per heavy atom. The van der Waals surface area contributed by atoms with E-state index in [1.807, 2.05) is 10.6 Å². The topological polar surface area (TPSA) is 114 Å². The molecule has 1 heterocycles. The predicted octanol–water partition coefficient (Wildman–Crippen LogP) is 0.716. The predicted molar refractivity (Wildman–Crippen MR) is 90.2 cm³/mol. The lowest BCUT2D eigenvalue weighted by atomic mass is 10.1. The standard InChI is InChI=1S/C16H17F5N4O4/c17-11(18)6-23-13(14(22)27)15(28)24-8-1-2-10(9(5-8)16(19,20)21)25-3-4-29-7-12(25)26/h1-2,5,11,13,23H,3-4,6-7H2,(H2,22,27)(H,24,28)/t13-/m1/s1. The number of halogens is 5. The van der Waals surface area contributed by atoms with Gasteiger partial charge in [-0.3, -0.25) is 19.7 Å². The molecule has 0 saturated carbocycles. The maximum Gasteiger partial charge on any atom is 0.418 e. The Kier molecular flexibility index (Phi) is 7.08. The summed E-state index contributed by atoms with van der Waals surface area (Å²) in [4.78, 5) is 36.2. The molecule has 29 heavy (non-hydrogen) atoms. The Balaban J connectivity index is 2.28. The number of carbonyl (C=O) groups is 3. The van der Waals surface area contributed by atoms with Gasteiger partial charge in [0, 0.05) is 12.2 Å². The Morgan fingerprint density at radius 2 is 1.97 bits per heavy atom. The minimum absolute atomic E-state index is 0.0532. The lowest BCUT2D eigenvalue weighted by Gasteiger charge is -2.29. The van der Waals surface area contributed by atoms with Crippen LogP contribution in [-0.2, 0) is 25.3 Å². The van der Waals surface area contributed by atoms with E-state index in [2.05, 4.69) is 0 Å². The number of anilines is 2. The highest BCUT2D eigenvalue weighted by molar-refractivity contribution is 6.09. The van der Waals surface area contributed by atoms with Crippen molar-refractivity contribution in [3.05, 3.63) is 23.8 Å². The SMILES string of the molecule is NC(=O)[C@@H](NCC(F)F)C(=O)Nc1ccc(N2CCOCC2=O)c(C(F)(F)F)c1. The lowest BCUT2D eigenvalue weighted by molar-refractivity contribution is -0.137. The molecule has 2 rings (SSSR count). The molecule has 3 amide bonds. The Morgan fingerprint density at radius 3 is 2.52 bits per heavy atom. The summed E-state index contributed by atoms with van der Waals surface area (Å²) in [6, 6.07) is 0.754. The number of carbonyl (C=O) groups excluding carboxylic acids is 3. The molecule has 1 fully saturated rings. The highest BCUT2D eigenvalue weighted by Crippen LogP contribution is 2.38. The smallest absolute Gasteiger partial charge is 0.370 e. The van der Waals surface area contributed by atoms with Crippen LogP contribution in [0.25, 0.3) is 0 Å². The van der Waals surface area contributed by atoms with E-state index in [1.54, 1.807) is 0 Å². The van der Waals surface area contributed by atoms with Crippen molar-refractivity contribution < 1.29 is 41.1 Å². The van der Waals surface area contributed by atoms with E-state index in [9.17, 15) is 36.3 Å². The van der Waals surface area contributed by atoms with Crippen LogP contribution in [0.3, 0.4) is 0 Å². The average molecular weight is 424 g/mol. The van der Waals surface area contributed by atoms with Gasteiger partial charge in [-0.25, -0.2) is 8.78 Å². The molecular weight excluding hydrogens is 407 g/mol. The third kappa shape index (κ3) is 5.84. The molecule has 4 N–H and O–H groups in total. The fourth-order valence-corrected chi connectivity index (χ4v) is 2.59. The van der Waals surface area contributed by atoms with Crippen molar-refractivity contribution in [1.29, 1.82) is 0 Å². The van der Waals surface area contributed by atoms with E-state index in [1.165, 1.54) is 0 Å². The Bertz CT molecular complexity index is 787. The fourth-order valence-electron chi connectivity index (χ4n) is 2.59. The summed E-state index contributed by atoms with van der Waals surface area (Å²) in [5.74, 6) is -3.15. The van der Waals surface area contributed by atoms with Crippen LogP contribution < -0.4 is 21.3 Å². The van der Waals surface area contributed by atoms with Crippen molar-refractivity contribution in [1.82, 2.24) is 5.32 Å². The largest absolute Gasteiger partial charge is 0.418 e. The fraction of sp³-hybridized carbons (Fsp3) is 0.438. The molecule has 0 aromatic heterocycles. The first-order valence-corrected chi connectivity index (χ1v) is 8.21. The van der Waals surface area contributed by atoms with Crippen molar-refractivity contribution in [3.8, 4) is 0 Å². The van der Waals surface area contributed by atoms with E-state index in [0.717, 1.165) is 17.0 Å². The van der Waals surface area contributed by atoms with E-state index < -0.39 is 54.2 Å². The molecule has 1 saturated heterocycles. The third-order valence-corrected chi connectivity index (χ3v) is 3.87. The molecule has 0 unspecified atom stereocenters. The number of alkyl halides is 5. The molecule has 0 spiro atoms. The molecule has 1 aromatic carbocycles. The number of hydrogen-bond acceptors (Lipinski definition) is 5. The van der Waals surface area contributed by atoms with Crippen LogP contribution in [0, 0.1) is 0 Å². The van der Waals surface area contributed by atoms with Crippen LogP contribution in [0.4, 0.5) is 33.3 Å². The zero-order valence-corrected chi connectivity index (χ0v) is 14.8. The van der Waals surface area contributed by atoms with Gasteiger partial charge in [-0.05, 0) is 18.2 Å². The summed E-state index contributed by atoms with van der Waals surface area (Å²) < 4.78 is 69.9. The van der Waals surface area contributed by atoms with Crippen molar-refractivity contribution >= 4 is 29.1 Å². The van der Waals surface area contributed by atoms with E-state index >= 15 is 0 Å². The second-order valence-corrected chi connectivity index (χ2v) is 5.95. The van der Waals surface area contributed by atoms with Gasteiger partial charge in [0.05, 0.1) is 24.4 Å². The number of benzene rings is 1. The van der Waals surface area contributed by atoms with E-state index in [4.69, 9.17) is 10.5 Å². The zero-order valence-electron chi connectivity index (χ0n) is 14.8. The summed E-state index contributed by atoms with van der Waals surface area (Å²) in [6.07, 6.45) is -7.75. The quantitative estimate of drug-likeness (QED) is 0.441. The zero-order chi connectivity index (χ0) is 21.8. The first kappa shape index (κ1) is 22.5. The Labute approximate surface area is 161 Å². The molecule has 8 nitrogen and oxygen atoms in total. The number of nitrogens with one attached hydrogen (secondary N) is 2. The molecule has 1 aliphatic rings. The number of morpholine rings is 1. The molecule has 1 aliphatic heterocycles. The van der Waals surface area contributed by atoms with Crippen molar-refractivity contribution in [3.63, 3.8) is 0 Å². The van der Waals surface area contributed by atoms with Crippen molar-refractivity contribution in [2.75, 3.05) is 36.5 Å². The van der Waals surface area contributed by atoms with Gasteiger partial charge in [0.25, 0.3) is 18.2 Å². The highest BCUT2D eigenvalue weighted by Gasteiger charge is 2.37. The molecule has 0 aliphatic carbocycles. The summed E-state index contributed by atoms with van der Waals surface area (Å²) in [5.41, 5.74) is 2.97. The molecule has 160 valence electrons. The third-order valence-electron chi connectivity index (χ3n) is 3.87. The van der Waals surface area contributed by atoms with Crippen LogP contribution in [0.1, 0.15) is 5.56 Å². The van der Waals surface area contributed by atoms with Crippen LogP contribution >= 0.6 is 0 Å². The minimum atomic E-state index is -4.87. The second kappa shape index (κ2) is 9.13. The van der Waals surface area contributed by atoms with Gasteiger partial charge in [0.15, 0.2) is 6.04 Å². The molecule has 13 heteroatoms. The van der Waals surface area contributed by atoms with Gasteiger partial charge in [-0.1, -0.05) is 0 Å². The molecule has 1 atom stereocenters. The van der Waals surface area contributed by atoms with E-state index in [0.29, 0.717) is 6.07 Å². The van der Waals surface area contributed by atoms with Crippen LogP contribution in [-0.4, -0.2) is 56.5 Å². The minimum Gasteiger partial charge on any atom is -0.370 e. The van der Waals surface area contributed by atoms with Crippen LogP contribution in [0.2, 0.25) is 0 Å². The molecule has 0 radical (unpaired) electrons. The van der Waals surface area contributed by atoms with Crippen molar-refractivity contribution in [2.45, 2.75) is 18.6 Å². The molecule has 0 bridgehead atoms. The summed E-state index contributed by atoms with van der Waals surface area (Å²) in [6.45, 7) is -1.43. The lowest BCUT2D eigenvalue weighted by Crippen LogP contribution is -2.51. The molecule has 1 aromatic rings. The first-order valence-electron chi connectivity index (χ1n) is 8.21. The molecular formula is C16H17F5N4O4. The van der Waals surface area contributed by atoms with Gasteiger partial charge in [-0.2, -0.15) is 13.2 Å². The first-order chi connectivity index (χ1) is 13.5. The number of amides is 3. The normalized spacial score (nSPS) is 16.1. The van der Waals surface area contributed by atoms with Crippen molar-refractivity contribution in [2.24, 2.45) is 5.73 Å². The Hall–Kier alpha value is -2.80. The average Bonchev–Trinajstić information content (AvgIpc) is 2.61.